The van der Waals surface area contributed by atoms with E-state index in [4.69, 9.17) is 0 Å². The van der Waals surface area contributed by atoms with Crippen LogP contribution in [0.3, 0.4) is 0 Å². The number of amides is 2. The number of aromatic nitrogens is 3. The molecule has 0 aliphatic heterocycles. The van der Waals surface area contributed by atoms with Crippen LogP contribution >= 0.6 is 11.8 Å². The highest BCUT2D eigenvalue weighted by atomic mass is 32.2. The number of anilines is 1. The van der Waals surface area contributed by atoms with Gasteiger partial charge in [0.05, 0.1) is 5.69 Å². The molecule has 2 amide bonds. The predicted molar refractivity (Wildman–Crippen MR) is 86.0 cm³/mol. The Hall–Kier alpha value is -2.35. The van der Waals surface area contributed by atoms with E-state index in [9.17, 15) is 9.59 Å². The highest BCUT2D eigenvalue weighted by Crippen LogP contribution is 2.14. The third kappa shape index (κ3) is 3.85. The molecule has 3 N–H and O–H groups in total. The molecule has 0 aliphatic carbocycles. The number of carbonyl (C=O) groups is 2. The highest BCUT2D eigenvalue weighted by Gasteiger charge is 2.15. The van der Waals surface area contributed by atoms with E-state index in [0.29, 0.717) is 29.2 Å². The van der Waals surface area contributed by atoms with Crippen LogP contribution in [0.25, 0.3) is 0 Å². The van der Waals surface area contributed by atoms with Crippen molar-refractivity contribution in [1.82, 2.24) is 20.7 Å². The lowest BCUT2D eigenvalue weighted by Gasteiger charge is -2.06. The molecule has 2 aromatic rings. The number of hydrogen-bond acceptors (Lipinski definition) is 5. The van der Waals surface area contributed by atoms with E-state index in [2.05, 4.69) is 26.0 Å². The molecule has 0 bridgehead atoms. The Labute approximate surface area is 132 Å². The van der Waals surface area contributed by atoms with Gasteiger partial charge < -0.3 is 10.6 Å². The third-order valence-electron chi connectivity index (χ3n) is 2.87. The maximum Gasteiger partial charge on any atom is 0.278 e. The molecule has 0 fully saturated rings. The SMILES string of the molecule is CCNC(=O)c1ccc(NC(=O)c2nn[nH]c2CSC)cc1. The molecule has 22 heavy (non-hydrogen) atoms. The fraction of sp³-hybridized carbons (Fsp3) is 0.286. The first-order valence-corrected chi connectivity index (χ1v) is 8.13. The van der Waals surface area contributed by atoms with Crippen LogP contribution in [0.15, 0.2) is 24.3 Å². The molecule has 0 radical (unpaired) electrons. The number of benzene rings is 1. The van der Waals surface area contributed by atoms with Gasteiger partial charge in [0.15, 0.2) is 5.69 Å². The second-order valence-corrected chi connectivity index (χ2v) is 5.33. The second kappa shape index (κ2) is 7.60. The fourth-order valence-electron chi connectivity index (χ4n) is 1.83. The van der Waals surface area contributed by atoms with Gasteiger partial charge in [0, 0.05) is 23.5 Å². The minimum absolute atomic E-state index is 0.140. The summed E-state index contributed by atoms with van der Waals surface area (Å²) in [6.07, 6.45) is 1.93. The van der Waals surface area contributed by atoms with E-state index < -0.39 is 0 Å². The molecule has 7 nitrogen and oxygen atoms in total. The minimum Gasteiger partial charge on any atom is -0.352 e. The number of carbonyl (C=O) groups excluding carboxylic acids is 2. The molecule has 8 heteroatoms. The quantitative estimate of drug-likeness (QED) is 0.752. The number of H-pyrrole nitrogens is 1. The first-order chi connectivity index (χ1) is 10.7. The Balaban J connectivity index is 2.05. The van der Waals surface area contributed by atoms with Crippen LogP contribution in [0.1, 0.15) is 33.5 Å². The van der Waals surface area contributed by atoms with Crippen molar-refractivity contribution in [3.8, 4) is 0 Å². The largest absolute Gasteiger partial charge is 0.352 e. The summed E-state index contributed by atoms with van der Waals surface area (Å²) in [7, 11) is 0. The van der Waals surface area contributed by atoms with Crippen molar-refractivity contribution in [2.24, 2.45) is 0 Å². The summed E-state index contributed by atoms with van der Waals surface area (Å²) in [6, 6.07) is 6.67. The Morgan fingerprint density at radius 1 is 1.23 bits per heavy atom. The van der Waals surface area contributed by atoms with Crippen molar-refractivity contribution in [2.75, 3.05) is 18.1 Å². The average Bonchev–Trinajstić information content (AvgIpc) is 2.97. The molecule has 1 heterocycles. The van der Waals surface area contributed by atoms with Gasteiger partial charge in [0.2, 0.25) is 0 Å². The number of thioether (sulfide) groups is 1. The first-order valence-electron chi connectivity index (χ1n) is 6.74. The summed E-state index contributed by atoms with van der Waals surface area (Å²) < 4.78 is 0. The molecule has 0 spiro atoms. The van der Waals surface area contributed by atoms with Crippen LogP contribution in [0.4, 0.5) is 5.69 Å². The molecule has 0 aliphatic rings. The average molecular weight is 319 g/mol. The van der Waals surface area contributed by atoms with Crippen molar-refractivity contribution in [1.29, 1.82) is 0 Å². The molecule has 1 aromatic heterocycles. The van der Waals surface area contributed by atoms with Crippen molar-refractivity contribution >= 4 is 29.3 Å². The highest BCUT2D eigenvalue weighted by molar-refractivity contribution is 7.97. The van der Waals surface area contributed by atoms with Crippen LogP contribution < -0.4 is 10.6 Å². The summed E-state index contributed by atoms with van der Waals surface area (Å²) in [4.78, 5) is 23.8. The molecule has 0 unspecified atom stereocenters. The van der Waals surface area contributed by atoms with Crippen molar-refractivity contribution in [3.63, 3.8) is 0 Å². The molecule has 0 saturated heterocycles. The summed E-state index contributed by atoms with van der Waals surface area (Å²) in [6.45, 7) is 2.43. The normalized spacial score (nSPS) is 10.3. The van der Waals surface area contributed by atoms with E-state index in [1.54, 1.807) is 36.0 Å². The minimum atomic E-state index is -0.330. The van der Waals surface area contributed by atoms with Gasteiger partial charge >= 0.3 is 0 Å². The van der Waals surface area contributed by atoms with Crippen LogP contribution in [0.5, 0.6) is 0 Å². The van der Waals surface area contributed by atoms with Gasteiger partial charge in [-0.05, 0) is 37.4 Å². The summed E-state index contributed by atoms with van der Waals surface area (Å²) in [5, 5.41) is 15.6. The number of hydrogen-bond donors (Lipinski definition) is 3. The number of nitrogens with one attached hydrogen (secondary N) is 3. The van der Waals surface area contributed by atoms with Crippen LogP contribution in [0, 0.1) is 0 Å². The monoisotopic (exact) mass is 319 g/mol. The van der Waals surface area contributed by atoms with E-state index in [0.717, 1.165) is 0 Å². The predicted octanol–water partition coefficient (Wildman–Crippen LogP) is 1.67. The third-order valence-corrected chi connectivity index (χ3v) is 3.44. The second-order valence-electron chi connectivity index (χ2n) is 4.46. The van der Waals surface area contributed by atoms with Crippen LogP contribution in [0.2, 0.25) is 0 Å². The Morgan fingerprint density at radius 2 is 1.95 bits per heavy atom. The number of aromatic amines is 1. The van der Waals surface area contributed by atoms with Gasteiger partial charge in [0.1, 0.15) is 0 Å². The molecule has 0 saturated carbocycles. The van der Waals surface area contributed by atoms with Gasteiger partial charge in [-0.25, -0.2) is 0 Å². The molecular weight excluding hydrogens is 302 g/mol. The van der Waals surface area contributed by atoms with E-state index in [1.807, 2.05) is 13.2 Å². The van der Waals surface area contributed by atoms with Gasteiger partial charge in [-0.2, -0.15) is 11.8 Å². The van der Waals surface area contributed by atoms with Crippen LogP contribution in [-0.2, 0) is 5.75 Å². The summed E-state index contributed by atoms with van der Waals surface area (Å²) in [5.41, 5.74) is 2.10. The molecular formula is C14H17N5O2S. The topological polar surface area (TPSA) is 99.8 Å². The Morgan fingerprint density at radius 3 is 2.59 bits per heavy atom. The van der Waals surface area contributed by atoms with Crippen molar-refractivity contribution < 1.29 is 9.59 Å². The zero-order valence-corrected chi connectivity index (χ0v) is 13.2. The maximum atomic E-state index is 12.2. The van der Waals surface area contributed by atoms with Gasteiger partial charge in [-0.15, -0.1) is 5.10 Å². The van der Waals surface area contributed by atoms with Gasteiger partial charge in [0.25, 0.3) is 11.8 Å². The van der Waals surface area contributed by atoms with Gasteiger partial charge in [-0.1, -0.05) is 5.21 Å². The van der Waals surface area contributed by atoms with Crippen molar-refractivity contribution in [2.45, 2.75) is 12.7 Å². The zero-order chi connectivity index (χ0) is 15.9. The van der Waals surface area contributed by atoms with E-state index >= 15 is 0 Å². The van der Waals surface area contributed by atoms with Crippen molar-refractivity contribution in [3.05, 3.63) is 41.2 Å². The molecule has 2 rings (SSSR count). The fourth-order valence-corrected chi connectivity index (χ4v) is 2.32. The van der Waals surface area contributed by atoms with Gasteiger partial charge in [-0.3, -0.25) is 14.7 Å². The molecule has 1 aromatic carbocycles. The zero-order valence-electron chi connectivity index (χ0n) is 12.3. The number of nitrogens with zero attached hydrogens (tertiary/aromatic N) is 2. The molecule has 0 atom stereocenters. The van der Waals surface area contributed by atoms with E-state index in [-0.39, 0.29) is 17.5 Å². The summed E-state index contributed by atoms with van der Waals surface area (Å²) in [5.74, 6) is 0.161. The van der Waals surface area contributed by atoms with Crippen LogP contribution in [-0.4, -0.2) is 40.0 Å². The Bertz CT molecular complexity index is 654. The lowest BCUT2D eigenvalue weighted by molar-refractivity contribution is 0.0955. The standard InChI is InChI=1S/C14H17N5O2S/c1-3-15-13(20)9-4-6-10(7-5-9)16-14(21)12-11(8-22-2)17-19-18-12/h4-7H,3,8H2,1-2H3,(H,15,20)(H,16,21)(H,17,18,19). The number of rotatable bonds is 6. The smallest absolute Gasteiger partial charge is 0.278 e. The van der Waals surface area contributed by atoms with E-state index in [1.165, 1.54) is 0 Å². The molecule has 116 valence electrons. The lowest BCUT2D eigenvalue weighted by Crippen LogP contribution is -2.22. The first kappa shape index (κ1) is 16.0. The maximum absolute atomic E-state index is 12.2. The lowest BCUT2D eigenvalue weighted by atomic mass is 10.2. The Kier molecular flexibility index (Phi) is 5.54. The summed E-state index contributed by atoms with van der Waals surface area (Å²) >= 11 is 1.57.